The van der Waals surface area contributed by atoms with Crippen molar-refractivity contribution in [3.63, 3.8) is 0 Å². The van der Waals surface area contributed by atoms with E-state index in [1.54, 1.807) is 0 Å². The van der Waals surface area contributed by atoms with Crippen LogP contribution in [0.1, 0.15) is 119 Å². The van der Waals surface area contributed by atoms with Crippen LogP contribution in [0.2, 0.25) is 0 Å². The van der Waals surface area contributed by atoms with Gasteiger partial charge in [-0.05, 0) is 91.3 Å². The van der Waals surface area contributed by atoms with E-state index >= 15 is 0 Å². The zero-order valence-electron chi connectivity index (χ0n) is 33.6. The number of fused-ring (bicyclic) bond motifs is 5. The summed E-state index contributed by atoms with van der Waals surface area (Å²) in [6, 6.07) is 0. The summed E-state index contributed by atoms with van der Waals surface area (Å²) in [7, 11) is 0. The monoisotopic (exact) mass is 748 g/mol. The summed E-state index contributed by atoms with van der Waals surface area (Å²) in [5.74, 6) is 3.42. The number of imide groups is 1. The molecule has 8 atom stereocenters. The Morgan fingerprint density at radius 2 is 1.49 bits per heavy atom. The molecule has 0 aromatic rings. The second-order valence-corrected chi connectivity index (χ2v) is 16.8. The molecule has 0 spiro atoms. The van der Waals surface area contributed by atoms with Crippen LogP contribution >= 0.6 is 0 Å². The van der Waals surface area contributed by atoms with E-state index in [-0.39, 0.29) is 37.4 Å². The van der Waals surface area contributed by atoms with Gasteiger partial charge in [-0.25, -0.2) is 9.59 Å². The third-order valence-corrected chi connectivity index (χ3v) is 13.0. The normalized spacial score (nSPS) is 29.6. The molecule has 1 N–H and O–H groups in total. The first-order valence-corrected chi connectivity index (χ1v) is 20.3. The zero-order valence-corrected chi connectivity index (χ0v) is 33.6. The standard InChI is InChI=1S/C41H68N2O10/c1-28(2)9-8-10-29(3)35-13-14-36-34-12-11-32-27-33(15-17-40(32,6)37(34)16-18-41(35,36)7)52-38(46)42-19-20-48-21-22-49-23-24-50-25-26-51-39(47)53-43(30(4)44)31(5)45/h11,28-29,33-37H,8-10,12-27H2,1-7H3,(H,42,46). The number of amides is 3. The van der Waals surface area contributed by atoms with E-state index in [1.165, 1.54) is 56.9 Å². The fraction of sp³-hybridized carbons (Fsp3) is 0.854. The number of allylic oxidation sites excluding steroid dienone is 1. The summed E-state index contributed by atoms with van der Waals surface area (Å²) < 4.78 is 27.0. The van der Waals surface area contributed by atoms with Gasteiger partial charge in [-0.1, -0.05) is 65.5 Å². The van der Waals surface area contributed by atoms with Crippen LogP contribution in [0.3, 0.4) is 0 Å². The summed E-state index contributed by atoms with van der Waals surface area (Å²) in [6.45, 7) is 16.6. The highest BCUT2D eigenvalue weighted by molar-refractivity contribution is 5.92. The van der Waals surface area contributed by atoms with Crippen molar-refractivity contribution in [2.45, 2.75) is 125 Å². The Morgan fingerprint density at radius 1 is 0.830 bits per heavy atom. The van der Waals surface area contributed by atoms with E-state index in [2.05, 4.69) is 50.8 Å². The number of carbonyl (C=O) groups is 4. The molecule has 3 amide bonds. The molecule has 12 nitrogen and oxygen atoms in total. The van der Waals surface area contributed by atoms with Gasteiger partial charge in [0.15, 0.2) is 0 Å². The summed E-state index contributed by atoms with van der Waals surface area (Å²) >= 11 is 0. The Labute approximate surface area is 317 Å². The quantitative estimate of drug-likeness (QED) is 0.0644. The van der Waals surface area contributed by atoms with E-state index in [1.807, 2.05) is 0 Å². The van der Waals surface area contributed by atoms with Gasteiger partial charge in [0.25, 0.3) is 11.8 Å². The van der Waals surface area contributed by atoms with Crippen molar-refractivity contribution in [1.29, 1.82) is 0 Å². The molecule has 12 heteroatoms. The SMILES string of the molecule is CC(=O)N(OC(=O)OCCOCCOCCOCCNC(=O)OC1CCC2(C)C(=CCC3C2CCC2(C)C(C(C)CCCC(C)C)CCC32)C1)C(C)=O. The number of hydroxylamine groups is 2. The number of hydrogen-bond acceptors (Lipinski definition) is 10. The predicted molar refractivity (Wildman–Crippen MR) is 199 cm³/mol. The molecule has 4 aliphatic rings. The Kier molecular flexibility index (Phi) is 16.5. The van der Waals surface area contributed by atoms with Crippen LogP contribution in [0.4, 0.5) is 9.59 Å². The molecule has 302 valence electrons. The van der Waals surface area contributed by atoms with Gasteiger partial charge in [0, 0.05) is 26.8 Å². The van der Waals surface area contributed by atoms with Gasteiger partial charge in [0.2, 0.25) is 0 Å². The number of carbonyl (C=O) groups excluding carboxylic acids is 4. The van der Waals surface area contributed by atoms with Crippen molar-refractivity contribution in [3.05, 3.63) is 11.6 Å². The van der Waals surface area contributed by atoms with Crippen molar-refractivity contribution in [2.75, 3.05) is 52.8 Å². The number of nitrogens with one attached hydrogen (secondary N) is 1. The molecule has 0 aromatic heterocycles. The number of hydrogen-bond donors (Lipinski definition) is 1. The van der Waals surface area contributed by atoms with Crippen molar-refractivity contribution in [1.82, 2.24) is 10.4 Å². The van der Waals surface area contributed by atoms with Crippen LogP contribution in [0.5, 0.6) is 0 Å². The van der Waals surface area contributed by atoms with Crippen molar-refractivity contribution < 1.29 is 47.7 Å². The van der Waals surface area contributed by atoms with Gasteiger partial charge in [-0.2, -0.15) is 0 Å². The van der Waals surface area contributed by atoms with Crippen LogP contribution in [0.15, 0.2) is 11.6 Å². The Bertz CT molecular complexity index is 1240. The number of nitrogens with zero attached hydrogens (tertiary/aromatic N) is 1. The number of alkyl carbamates (subject to hydrolysis) is 1. The van der Waals surface area contributed by atoms with Crippen LogP contribution in [0, 0.1) is 46.3 Å². The smallest absolute Gasteiger partial charge is 0.446 e. The average molecular weight is 749 g/mol. The maximum atomic E-state index is 12.6. The Balaban J connectivity index is 1.05. The van der Waals surface area contributed by atoms with Crippen LogP contribution in [0.25, 0.3) is 0 Å². The topological polar surface area (TPSA) is 139 Å². The van der Waals surface area contributed by atoms with Gasteiger partial charge in [-0.15, -0.1) is 5.06 Å². The molecule has 0 saturated heterocycles. The Hall–Kier alpha value is -2.70. The van der Waals surface area contributed by atoms with Crippen molar-refractivity contribution in [3.8, 4) is 0 Å². The average Bonchev–Trinajstić information content (AvgIpc) is 3.46. The molecule has 3 saturated carbocycles. The lowest BCUT2D eigenvalue weighted by atomic mass is 9.47. The van der Waals surface area contributed by atoms with Crippen LogP contribution in [-0.4, -0.2) is 88.0 Å². The molecule has 4 aliphatic carbocycles. The second-order valence-electron chi connectivity index (χ2n) is 16.8. The van der Waals surface area contributed by atoms with E-state index in [9.17, 15) is 19.2 Å². The van der Waals surface area contributed by atoms with Crippen molar-refractivity contribution in [2.24, 2.45) is 46.3 Å². The molecular formula is C41H68N2O10. The van der Waals surface area contributed by atoms with Crippen LogP contribution in [-0.2, 0) is 38.1 Å². The molecular weight excluding hydrogens is 680 g/mol. The molecule has 0 radical (unpaired) electrons. The van der Waals surface area contributed by atoms with Gasteiger partial charge in [0.1, 0.15) is 12.7 Å². The second kappa shape index (κ2) is 20.3. The predicted octanol–water partition coefficient (Wildman–Crippen LogP) is 7.64. The first-order chi connectivity index (χ1) is 25.3. The summed E-state index contributed by atoms with van der Waals surface area (Å²) in [5.41, 5.74) is 2.25. The summed E-state index contributed by atoms with van der Waals surface area (Å²) in [5, 5.41) is 3.15. The van der Waals surface area contributed by atoms with E-state index in [0.717, 1.165) is 68.6 Å². The minimum Gasteiger partial charge on any atom is -0.446 e. The van der Waals surface area contributed by atoms with Gasteiger partial charge in [0.05, 0.1) is 39.6 Å². The highest BCUT2D eigenvalue weighted by atomic mass is 16.8. The maximum Gasteiger partial charge on any atom is 0.534 e. The molecule has 4 rings (SSSR count). The lowest BCUT2D eigenvalue weighted by Gasteiger charge is -2.58. The fourth-order valence-corrected chi connectivity index (χ4v) is 10.3. The molecule has 0 bridgehead atoms. The largest absolute Gasteiger partial charge is 0.534 e. The highest BCUT2D eigenvalue weighted by Gasteiger charge is 2.59. The first-order valence-electron chi connectivity index (χ1n) is 20.3. The summed E-state index contributed by atoms with van der Waals surface area (Å²) in [6.07, 6.45) is 14.6. The molecule has 8 unspecified atom stereocenters. The first kappa shape index (κ1) is 43.0. The van der Waals surface area contributed by atoms with Gasteiger partial charge < -0.3 is 29.0 Å². The fourth-order valence-electron chi connectivity index (χ4n) is 10.3. The van der Waals surface area contributed by atoms with Gasteiger partial charge >= 0.3 is 12.2 Å². The maximum absolute atomic E-state index is 12.6. The number of rotatable bonds is 18. The summed E-state index contributed by atoms with van der Waals surface area (Å²) in [4.78, 5) is 51.2. The minimum absolute atomic E-state index is 0.0805. The van der Waals surface area contributed by atoms with Gasteiger partial charge in [-0.3, -0.25) is 14.4 Å². The molecule has 53 heavy (non-hydrogen) atoms. The third kappa shape index (κ3) is 11.7. The molecule has 0 aliphatic heterocycles. The number of ether oxygens (including phenoxy) is 5. The van der Waals surface area contributed by atoms with E-state index < -0.39 is 18.0 Å². The molecule has 3 fully saturated rings. The van der Waals surface area contributed by atoms with Crippen molar-refractivity contribution >= 4 is 24.1 Å². The third-order valence-electron chi connectivity index (χ3n) is 13.0. The highest BCUT2D eigenvalue weighted by Crippen LogP contribution is 2.67. The zero-order chi connectivity index (χ0) is 38.6. The van der Waals surface area contributed by atoms with E-state index in [0.29, 0.717) is 43.5 Å². The van der Waals surface area contributed by atoms with Crippen LogP contribution < -0.4 is 5.32 Å². The molecule has 0 heterocycles. The lowest BCUT2D eigenvalue weighted by Crippen LogP contribution is -2.51. The lowest BCUT2D eigenvalue weighted by molar-refractivity contribution is -0.181. The van der Waals surface area contributed by atoms with E-state index in [4.69, 9.17) is 23.7 Å². The minimum atomic E-state index is -1.17. The molecule has 0 aromatic carbocycles. The Morgan fingerprint density at radius 3 is 2.15 bits per heavy atom.